The molecule has 0 saturated carbocycles. The Bertz CT molecular complexity index is 62.6. The smallest absolute Gasteiger partial charge is 0.0794 e. The first-order valence-corrected chi connectivity index (χ1v) is 3.78. The van der Waals surface area contributed by atoms with E-state index in [0.717, 1.165) is 13.1 Å². The van der Waals surface area contributed by atoms with E-state index < -0.39 is 0 Å². The Kier molecular flexibility index (Phi) is 6.91. The number of nitrogens with zero attached hydrogens (tertiary/aromatic N) is 1. The number of hydrogen-bond donors (Lipinski definition) is 1. The van der Waals surface area contributed by atoms with Crippen molar-refractivity contribution in [3.63, 3.8) is 0 Å². The Morgan fingerprint density at radius 2 is 1.80 bits per heavy atom. The molecule has 1 aliphatic heterocycles. The highest BCUT2D eigenvalue weighted by Crippen LogP contribution is 1.82. The van der Waals surface area contributed by atoms with Crippen LogP contribution in [0, 0.1) is 0 Å². The summed E-state index contributed by atoms with van der Waals surface area (Å²) in [6.45, 7) is 6.31. The van der Waals surface area contributed by atoms with Gasteiger partial charge in [-0.25, -0.2) is 5.11 Å². The van der Waals surface area contributed by atoms with Crippen molar-refractivity contribution < 1.29 is 5.11 Å². The van der Waals surface area contributed by atoms with Gasteiger partial charge in [-0.15, -0.1) is 0 Å². The predicted octanol–water partition coefficient (Wildman–Crippen LogP) is -0.0418. The van der Waals surface area contributed by atoms with Crippen LogP contribution >= 0.6 is 0 Å². The summed E-state index contributed by atoms with van der Waals surface area (Å²) in [5.74, 6) is 0. The van der Waals surface area contributed by atoms with E-state index in [9.17, 15) is 0 Å². The van der Waals surface area contributed by atoms with E-state index in [2.05, 4.69) is 17.3 Å². The van der Waals surface area contributed by atoms with Gasteiger partial charge in [0.1, 0.15) is 0 Å². The Labute approximate surface area is 63.0 Å². The molecule has 0 atom stereocenters. The zero-order valence-corrected chi connectivity index (χ0v) is 6.89. The summed E-state index contributed by atoms with van der Waals surface area (Å²) in [6, 6.07) is 0. The van der Waals surface area contributed by atoms with Crippen LogP contribution in [0.1, 0.15) is 6.92 Å². The second kappa shape index (κ2) is 6.99. The lowest BCUT2D eigenvalue weighted by Crippen LogP contribution is -2.40. The minimum absolute atomic E-state index is 0. The molecule has 0 aromatic rings. The maximum Gasteiger partial charge on any atom is 0.0794 e. The number of piperazine rings is 1. The van der Waals surface area contributed by atoms with Crippen molar-refractivity contribution in [3.8, 4) is 0 Å². The summed E-state index contributed by atoms with van der Waals surface area (Å²) < 4.78 is 0. The average Bonchev–Trinajstić information content (AvgIpc) is 1.91. The number of hydrogen-bond acceptors (Lipinski definition) is 2. The molecule has 1 saturated heterocycles. The standard InChI is InChI=1S/C5H12N2.C2H5O/c1-7-4-2-6-3-5-7;1-2-3/h6H,2-5H2,1H3;2H2,1H3. The molecule has 0 aromatic carbocycles. The molecule has 0 aliphatic carbocycles. The Morgan fingerprint density at radius 1 is 1.40 bits per heavy atom. The van der Waals surface area contributed by atoms with Crippen molar-refractivity contribution in [2.24, 2.45) is 0 Å². The lowest BCUT2D eigenvalue weighted by atomic mass is 10.4. The van der Waals surface area contributed by atoms with Crippen LogP contribution in [0.25, 0.3) is 0 Å². The normalized spacial score (nSPS) is 19.5. The topological polar surface area (TPSA) is 35.2 Å². The molecule has 3 nitrogen and oxygen atoms in total. The van der Waals surface area contributed by atoms with E-state index in [1.807, 2.05) is 0 Å². The molecule has 1 radical (unpaired) electrons. The molecule has 1 heterocycles. The van der Waals surface area contributed by atoms with Gasteiger partial charge in [0.05, 0.1) is 6.61 Å². The maximum atomic E-state index is 8.93. The van der Waals surface area contributed by atoms with Gasteiger partial charge in [0.2, 0.25) is 0 Å². The predicted molar refractivity (Wildman–Crippen MR) is 41.6 cm³/mol. The van der Waals surface area contributed by atoms with Gasteiger partial charge in [0.25, 0.3) is 0 Å². The highest BCUT2D eigenvalue weighted by molar-refractivity contribution is 4.62. The SMILES string of the molecule is CC[O].CN1CCNCC1. The summed E-state index contributed by atoms with van der Waals surface area (Å²) in [5, 5.41) is 12.2. The fraction of sp³-hybridized carbons (Fsp3) is 1.00. The van der Waals surface area contributed by atoms with Crippen LogP contribution in [-0.2, 0) is 5.11 Å². The number of rotatable bonds is 0. The van der Waals surface area contributed by atoms with E-state index >= 15 is 0 Å². The molecule has 1 fully saturated rings. The van der Waals surface area contributed by atoms with Gasteiger partial charge in [0.15, 0.2) is 0 Å². The Balaban J connectivity index is 0.000000236. The summed E-state index contributed by atoms with van der Waals surface area (Å²) in [5.41, 5.74) is 0. The van der Waals surface area contributed by atoms with Crippen LogP contribution in [-0.4, -0.2) is 44.7 Å². The highest BCUT2D eigenvalue weighted by Gasteiger charge is 2.01. The van der Waals surface area contributed by atoms with Gasteiger partial charge in [0, 0.05) is 26.2 Å². The first-order chi connectivity index (χ1) is 4.81. The molecule has 1 rings (SSSR count). The molecule has 1 aliphatic rings. The molecule has 61 valence electrons. The minimum atomic E-state index is 0. The lowest BCUT2D eigenvalue weighted by Gasteiger charge is -2.21. The van der Waals surface area contributed by atoms with Crippen molar-refractivity contribution in [2.75, 3.05) is 39.8 Å². The molecule has 10 heavy (non-hydrogen) atoms. The van der Waals surface area contributed by atoms with Crippen molar-refractivity contribution >= 4 is 0 Å². The number of nitrogens with one attached hydrogen (secondary N) is 1. The monoisotopic (exact) mass is 145 g/mol. The fourth-order valence-electron chi connectivity index (χ4n) is 0.777. The first-order valence-electron chi connectivity index (χ1n) is 3.78. The van der Waals surface area contributed by atoms with E-state index in [1.165, 1.54) is 13.1 Å². The summed E-state index contributed by atoms with van der Waals surface area (Å²) in [6.07, 6.45) is 0. The molecule has 0 amide bonds. The van der Waals surface area contributed by atoms with Crippen molar-refractivity contribution in [3.05, 3.63) is 0 Å². The number of likely N-dealkylation sites (N-methyl/N-ethyl adjacent to an activating group) is 1. The average molecular weight is 145 g/mol. The zero-order chi connectivity index (χ0) is 7.82. The summed E-state index contributed by atoms with van der Waals surface area (Å²) in [7, 11) is 2.15. The molecule has 3 heteroatoms. The van der Waals surface area contributed by atoms with E-state index in [4.69, 9.17) is 5.11 Å². The Hall–Kier alpha value is -0.120. The van der Waals surface area contributed by atoms with Gasteiger partial charge in [-0.05, 0) is 14.0 Å². The maximum absolute atomic E-state index is 8.93. The quantitative estimate of drug-likeness (QED) is 0.519. The highest BCUT2D eigenvalue weighted by atomic mass is 16.2. The van der Waals surface area contributed by atoms with Gasteiger partial charge in [-0.2, -0.15) is 0 Å². The van der Waals surface area contributed by atoms with E-state index in [0.29, 0.717) is 0 Å². The third-order valence-corrected chi connectivity index (χ3v) is 1.34. The Morgan fingerprint density at radius 3 is 2.00 bits per heavy atom. The lowest BCUT2D eigenvalue weighted by molar-refractivity contribution is 0.212. The van der Waals surface area contributed by atoms with Gasteiger partial charge in [-0.1, -0.05) is 0 Å². The van der Waals surface area contributed by atoms with Crippen molar-refractivity contribution in [1.29, 1.82) is 0 Å². The fourth-order valence-corrected chi connectivity index (χ4v) is 0.777. The third kappa shape index (κ3) is 6.01. The van der Waals surface area contributed by atoms with E-state index in [1.54, 1.807) is 6.92 Å². The summed E-state index contributed by atoms with van der Waals surface area (Å²) in [4.78, 5) is 2.33. The third-order valence-electron chi connectivity index (χ3n) is 1.34. The first kappa shape index (κ1) is 9.88. The van der Waals surface area contributed by atoms with Crippen LogP contribution in [0.5, 0.6) is 0 Å². The second-order valence-corrected chi connectivity index (χ2v) is 2.34. The van der Waals surface area contributed by atoms with Gasteiger partial charge in [-0.3, -0.25) is 0 Å². The molecular weight excluding hydrogens is 128 g/mol. The van der Waals surface area contributed by atoms with Crippen LogP contribution in [0.3, 0.4) is 0 Å². The molecule has 1 N–H and O–H groups in total. The molecular formula is C7H17N2O. The largest absolute Gasteiger partial charge is 0.314 e. The molecule has 0 unspecified atom stereocenters. The second-order valence-electron chi connectivity index (χ2n) is 2.34. The minimum Gasteiger partial charge on any atom is -0.314 e. The summed E-state index contributed by atoms with van der Waals surface area (Å²) >= 11 is 0. The van der Waals surface area contributed by atoms with Crippen molar-refractivity contribution in [1.82, 2.24) is 10.2 Å². The van der Waals surface area contributed by atoms with Crippen LogP contribution in [0.15, 0.2) is 0 Å². The van der Waals surface area contributed by atoms with Crippen molar-refractivity contribution in [2.45, 2.75) is 6.92 Å². The van der Waals surface area contributed by atoms with E-state index in [-0.39, 0.29) is 6.61 Å². The molecule has 0 aromatic heterocycles. The van der Waals surface area contributed by atoms with Crippen LogP contribution in [0.4, 0.5) is 0 Å². The molecule has 0 bridgehead atoms. The van der Waals surface area contributed by atoms with Gasteiger partial charge >= 0.3 is 0 Å². The van der Waals surface area contributed by atoms with Crippen LogP contribution < -0.4 is 5.32 Å². The van der Waals surface area contributed by atoms with Gasteiger partial charge < -0.3 is 10.2 Å². The molecule has 0 spiro atoms. The zero-order valence-electron chi connectivity index (χ0n) is 6.89. The van der Waals surface area contributed by atoms with Crippen LogP contribution in [0.2, 0.25) is 0 Å².